The fourth-order valence-corrected chi connectivity index (χ4v) is 5.09. The molecule has 3 amide bonds. The fraction of sp³-hybridized carbons (Fsp3) is 0.154. The molecule has 6 nitrogen and oxygen atoms in total. The van der Waals surface area contributed by atoms with Crippen molar-refractivity contribution in [1.82, 2.24) is 9.88 Å². The van der Waals surface area contributed by atoms with Crippen molar-refractivity contribution in [2.24, 2.45) is 0 Å². The lowest BCUT2D eigenvalue weighted by atomic mass is 10.1. The number of pyridine rings is 1. The highest BCUT2D eigenvalue weighted by Crippen LogP contribution is 2.31. The lowest BCUT2D eigenvalue weighted by Gasteiger charge is -2.21. The molecule has 1 unspecified atom stereocenters. The molecule has 7 heteroatoms. The highest BCUT2D eigenvalue weighted by molar-refractivity contribution is 7.12. The van der Waals surface area contributed by atoms with Crippen LogP contribution in [0.25, 0.3) is 10.8 Å². The average Bonchev–Trinajstić information content (AvgIpc) is 3.41. The van der Waals surface area contributed by atoms with Gasteiger partial charge in [-0.2, -0.15) is 0 Å². The second-order valence-corrected chi connectivity index (χ2v) is 9.10. The van der Waals surface area contributed by atoms with Gasteiger partial charge in [0.05, 0.1) is 17.0 Å². The van der Waals surface area contributed by atoms with Gasteiger partial charge in [0, 0.05) is 39.8 Å². The Morgan fingerprint density at radius 1 is 1.00 bits per heavy atom. The maximum Gasteiger partial charge on any atom is 0.261 e. The molecule has 1 aliphatic heterocycles. The number of hydrogen-bond acceptors (Lipinski definition) is 5. The van der Waals surface area contributed by atoms with Crippen molar-refractivity contribution in [3.63, 3.8) is 0 Å². The number of nitrogens with one attached hydrogen (secondary N) is 1. The van der Waals surface area contributed by atoms with E-state index in [0.29, 0.717) is 16.8 Å². The first-order valence-electron chi connectivity index (χ1n) is 10.7. The van der Waals surface area contributed by atoms with Crippen LogP contribution in [-0.4, -0.2) is 34.2 Å². The normalized spacial score (nSPS) is 13.9. The fourth-order valence-electron chi connectivity index (χ4n) is 4.05. The van der Waals surface area contributed by atoms with Crippen molar-refractivity contribution in [1.29, 1.82) is 0 Å². The predicted octanol–water partition coefficient (Wildman–Crippen LogP) is 4.88. The number of thiophene rings is 1. The van der Waals surface area contributed by atoms with E-state index in [1.54, 1.807) is 36.7 Å². The van der Waals surface area contributed by atoms with Crippen molar-refractivity contribution in [3.8, 4) is 0 Å². The van der Waals surface area contributed by atoms with Crippen LogP contribution in [0.5, 0.6) is 0 Å². The van der Waals surface area contributed by atoms with E-state index in [9.17, 15) is 14.4 Å². The molecule has 0 bridgehead atoms. The third kappa shape index (κ3) is 3.91. The van der Waals surface area contributed by atoms with E-state index in [1.165, 1.54) is 16.2 Å². The smallest absolute Gasteiger partial charge is 0.261 e. The van der Waals surface area contributed by atoms with Crippen LogP contribution < -0.4 is 5.32 Å². The van der Waals surface area contributed by atoms with Gasteiger partial charge in [0.15, 0.2) is 0 Å². The molecule has 0 saturated heterocycles. The molecule has 1 atom stereocenters. The monoisotopic (exact) mass is 455 g/mol. The van der Waals surface area contributed by atoms with Gasteiger partial charge in [-0.3, -0.25) is 24.3 Å². The Bertz CT molecular complexity index is 1360. The Morgan fingerprint density at radius 3 is 2.45 bits per heavy atom. The number of hydrogen-bond donors (Lipinski definition) is 1. The van der Waals surface area contributed by atoms with Crippen LogP contribution >= 0.6 is 11.3 Å². The Hall–Kier alpha value is -3.84. The molecule has 0 aliphatic carbocycles. The van der Waals surface area contributed by atoms with Gasteiger partial charge in [-0.1, -0.05) is 25.1 Å². The van der Waals surface area contributed by atoms with Crippen molar-refractivity contribution in [3.05, 3.63) is 93.9 Å². The van der Waals surface area contributed by atoms with Gasteiger partial charge in [0.2, 0.25) is 5.91 Å². The summed E-state index contributed by atoms with van der Waals surface area (Å²) < 4.78 is 0. The van der Waals surface area contributed by atoms with Gasteiger partial charge in [-0.25, -0.2) is 0 Å². The Morgan fingerprint density at radius 2 is 1.76 bits per heavy atom. The number of nitrogens with zero attached hydrogens (tertiary/aromatic N) is 2. The molecule has 33 heavy (non-hydrogen) atoms. The minimum atomic E-state index is -0.675. The van der Waals surface area contributed by atoms with Crippen LogP contribution in [0.1, 0.15) is 43.3 Å². The summed E-state index contributed by atoms with van der Waals surface area (Å²) in [5.74, 6) is -1.66. The summed E-state index contributed by atoms with van der Waals surface area (Å²) >= 11 is 1.53. The molecule has 0 saturated carbocycles. The number of anilines is 1. The number of fused-ring (bicyclic) bond motifs is 2. The van der Waals surface area contributed by atoms with Crippen molar-refractivity contribution < 1.29 is 14.4 Å². The number of carbonyl (C=O) groups is 3. The van der Waals surface area contributed by atoms with E-state index < -0.39 is 5.92 Å². The Kier molecular flexibility index (Phi) is 5.48. The molecular weight excluding hydrogens is 434 g/mol. The van der Waals surface area contributed by atoms with Crippen LogP contribution in [0.3, 0.4) is 0 Å². The van der Waals surface area contributed by atoms with E-state index in [-0.39, 0.29) is 24.3 Å². The highest BCUT2D eigenvalue weighted by atomic mass is 32.1. The largest absolute Gasteiger partial charge is 0.325 e. The van der Waals surface area contributed by atoms with E-state index in [1.807, 2.05) is 36.4 Å². The molecule has 2 aromatic carbocycles. The van der Waals surface area contributed by atoms with E-state index in [0.717, 1.165) is 26.9 Å². The SMILES string of the molecule is CCc1ccc(C(CN2C(=O)c3ccccc3C2=O)C(=O)Nc2ccc3cnccc3c2)s1. The molecule has 2 aromatic heterocycles. The number of amides is 3. The molecule has 1 N–H and O–H groups in total. The zero-order chi connectivity index (χ0) is 22.9. The minimum absolute atomic E-state index is 0.0145. The summed E-state index contributed by atoms with van der Waals surface area (Å²) in [5.41, 5.74) is 1.41. The van der Waals surface area contributed by atoms with Gasteiger partial charge < -0.3 is 5.32 Å². The quantitative estimate of drug-likeness (QED) is 0.421. The van der Waals surface area contributed by atoms with Gasteiger partial charge in [-0.05, 0) is 54.3 Å². The topological polar surface area (TPSA) is 79.4 Å². The third-order valence-corrected chi connectivity index (χ3v) is 7.19. The Balaban J connectivity index is 1.45. The summed E-state index contributed by atoms with van der Waals surface area (Å²) in [4.78, 5) is 46.6. The standard InChI is InChI=1S/C26H21N3O3S/c1-2-19-9-10-23(33-19)22(15-29-25(31)20-5-3-4-6-21(20)26(29)32)24(30)28-18-8-7-17-14-27-12-11-16(17)13-18/h3-14,22H,2,15H2,1H3,(H,28,30). The van der Waals surface area contributed by atoms with Crippen molar-refractivity contribution >= 4 is 45.5 Å². The summed E-state index contributed by atoms with van der Waals surface area (Å²) in [6.45, 7) is 2.04. The van der Waals surface area contributed by atoms with Crippen LogP contribution in [0.15, 0.2) is 73.1 Å². The van der Waals surface area contributed by atoms with Crippen LogP contribution in [-0.2, 0) is 11.2 Å². The van der Waals surface area contributed by atoms with Gasteiger partial charge in [0.1, 0.15) is 0 Å². The van der Waals surface area contributed by atoms with Gasteiger partial charge in [0.25, 0.3) is 11.8 Å². The molecular formula is C26H21N3O3S. The Labute approximate surface area is 194 Å². The molecule has 0 fully saturated rings. The number of aromatic nitrogens is 1. The minimum Gasteiger partial charge on any atom is -0.325 e. The molecule has 0 spiro atoms. The number of rotatable bonds is 6. The van der Waals surface area contributed by atoms with E-state index in [4.69, 9.17) is 0 Å². The molecule has 0 radical (unpaired) electrons. The molecule has 3 heterocycles. The van der Waals surface area contributed by atoms with Gasteiger partial charge in [-0.15, -0.1) is 11.3 Å². The summed E-state index contributed by atoms with van der Waals surface area (Å²) in [6.07, 6.45) is 4.32. The highest BCUT2D eigenvalue weighted by Gasteiger charge is 2.38. The van der Waals surface area contributed by atoms with E-state index in [2.05, 4.69) is 17.2 Å². The number of aryl methyl sites for hydroxylation is 1. The van der Waals surface area contributed by atoms with Crippen molar-refractivity contribution in [2.45, 2.75) is 19.3 Å². The van der Waals surface area contributed by atoms with Crippen LogP contribution in [0.2, 0.25) is 0 Å². The van der Waals surface area contributed by atoms with Crippen LogP contribution in [0, 0.1) is 0 Å². The average molecular weight is 456 g/mol. The van der Waals surface area contributed by atoms with E-state index >= 15 is 0 Å². The zero-order valence-corrected chi connectivity index (χ0v) is 18.8. The van der Waals surface area contributed by atoms with Gasteiger partial charge >= 0.3 is 0 Å². The number of imide groups is 1. The lowest BCUT2D eigenvalue weighted by Crippen LogP contribution is -2.37. The molecule has 4 aromatic rings. The zero-order valence-electron chi connectivity index (χ0n) is 17.9. The van der Waals surface area contributed by atoms with Crippen LogP contribution in [0.4, 0.5) is 5.69 Å². The first-order valence-corrected chi connectivity index (χ1v) is 11.5. The van der Waals surface area contributed by atoms with Crippen molar-refractivity contribution in [2.75, 3.05) is 11.9 Å². The first-order chi connectivity index (χ1) is 16.0. The maximum atomic E-state index is 13.5. The summed E-state index contributed by atoms with van der Waals surface area (Å²) in [7, 11) is 0. The molecule has 164 valence electrons. The summed E-state index contributed by atoms with van der Waals surface area (Å²) in [5, 5.41) is 4.92. The third-order valence-electron chi connectivity index (χ3n) is 5.84. The number of benzene rings is 2. The lowest BCUT2D eigenvalue weighted by molar-refractivity contribution is -0.117. The first kappa shape index (κ1) is 21.0. The molecule has 5 rings (SSSR count). The molecule has 1 aliphatic rings. The summed E-state index contributed by atoms with van der Waals surface area (Å²) in [6, 6.07) is 18.2. The number of carbonyl (C=O) groups excluding carboxylic acids is 3. The maximum absolute atomic E-state index is 13.5. The second-order valence-electron chi connectivity index (χ2n) is 7.90. The second kappa shape index (κ2) is 8.60. The predicted molar refractivity (Wildman–Crippen MR) is 129 cm³/mol.